The van der Waals surface area contributed by atoms with Gasteiger partial charge in [-0.05, 0) is 44.4 Å². The zero-order valence-corrected chi connectivity index (χ0v) is 17.3. The number of hydrogen-bond donors (Lipinski definition) is 1. The molecule has 2 aliphatic rings. The molecule has 2 aromatic rings. The lowest BCUT2D eigenvalue weighted by molar-refractivity contribution is -0.115. The maximum atomic E-state index is 12.7. The molecule has 0 unspecified atom stereocenters. The van der Waals surface area contributed by atoms with E-state index in [1.165, 1.54) is 6.33 Å². The predicted molar refractivity (Wildman–Crippen MR) is 114 cm³/mol. The van der Waals surface area contributed by atoms with Gasteiger partial charge in [0.2, 0.25) is 0 Å². The fraction of sp³-hybridized carbons (Fsp3) is 0.348. The molecule has 1 N–H and O–H groups in total. The number of nitrogens with one attached hydrogen (secondary N) is 1. The van der Waals surface area contributed by atoms with Crippen LogP contribution in [-0.2, 0) is 4.79 Å². The molecule has 0 spiro atoms. The Balaban J connectivity index is 1.49. The van der Waals surface area contributed by atoms with Crippen LogP contribution in [0.2, 0.25) is 0 Å². The molecule has 1 aliphatic heterocycles. The molecular formula is C23H25N5O2. The van der Waals surface area contributed by atoms with Crippen LogP contribution in [-0.4, -0.2) is 39.7 Å². The van der Waals surface area contributed by atoms with Gasteiger partial charge in [-0.3, -0.25) is 14.6 Å². The van der Waals surface area contributed by atoms with Crippen LogP contribution in [0.5, 0.6) is 0 Å². The van der Waals surface area contributed by atoms with Crippen LogP contribution in [0.25, 0.3) is 0 Å². The summed E-state index contributed by atoms with van der Waals surface area (Å²) in [6, 6.07) is 7.76. The quantitative estimate of drug-likeness (QED) is 0.825. The number of Topliss-reactive ketones (excluding diaryl/α,β-unsaturated/α-hetero) is 1. The van der Waals surface area contributed by atoms with E-state index in [4.69, 9.17) is 0 Å². The zero-order valence-electron chi connectivity index (χ0n) is 17.3. The smallest absolute Gasteiger partial charge is 0.270 e. The van der Waals surface area contributed by atoms with Gasteiger partial charge in [-0.1, -0.05) is 17.7 Å². The van der Waals surface area contributed by atoms with Gasteiger partial charge in [0.15, 0.2) is 5.78 Å². The van der Waals surface area contributed by atoms with E-state index in [2.05, 4.69) is 25.2 Å². The van der Waals surface area contributed by atoms with Gasteiger partial charge < -0.3 is 10.2 Å². The molecule has 0 bridgehead atoms. The molecule has 0 radical (unpaired) electrons. The molecule has 1 atom stereocenters. The summed E-state index contributed by atoms with van der Waals surface area (Å²) in [4.78, 5) is 40.2. The summed E-state index contributed by atoms with van der Waals surface area (Å²) in [5.74, 6) is 0.462. The molecule has 1 saturated heterocycles. The molecule has 4 rings (SSSR count). The number of nitrogens with zero attached hydrogens (tertiary/aromatic N) is 4. The maximum absolute atomic E-state index is 12.7. The Hall–Kier alpha value is -3.35. The van der Waals surface area contributed by atoms with Crippen LogP contribution in [0.1, 0.15) is 55.3 Å². The number of pyridine rings is 1. The fourth-order valence-corrected chi connectivity index (χ4v) is 4.13. The first-order chi connectivity index (χ1) is 14.5. The largest absolute Gasteiger partial charge is 0.348 e. The van der Waals surface area contributed by atoms with E-state index in [1.807, 2.05) is 38.1 Å². The number of allylic oxidation sites excluding steroid dienone is 3. The highest BCUT2D eigenvalue weighted by molar-refractivity contribution is 6.01. The highest BCUT2D eigenvalue weighted by atomic mass is 16.2. The van der Waals surface area contributed by atoms with Crippen molar-refractivity contribution in [2.45, 2.75) is 39.2 Å². The molecule has 0 aromatic carbocycles. The van der Waals surface area contributed by atoms with E-state index >= 15 is 0 Å². The van der Waals surface area contributed by atoms with Crippen LogP contribution in [0.3, 0.4) is 0 Å². The summed E-state index contributed by atoms with van der Waals surface area (Å²) in [6.45, 7) is 4.89. The van der Waals surface area contributed by atoms with Crippen molar-refractivity contribution in [1.82, 2.24) is 20.3 Å². The van der Waals surface area contributed by atoms with Crippen molar-refractivity contribution in [3.8, 4) is 0 Å². The molecule has 1 amide bonds. The third-order valence-corrected chi connectivity index (χ3v) is 5.60. The molecule has 30 heavy (non-hydrogen) atoms. The molecule has 7 heteroatoms. The van der Waals surface area contributed by atoms with Gasteiger partial charge in [-0.15, -0.1) is 0 Å². The van der Waals surface area contributed by atoms with Crippen LogP contribution in [0.4, 0.5) is 5.82 Å². The van der Waals surface area contributed by atoms with Gasteiger partial charge in [0, 0.05) is 37.3 Å². The topological polar surface area (TPSA) is 88.1 Å². The minimum atomic E-state index is -0.313. The van der Waals surface area contributed by atoms with Crippen LogP contribution >= 0.6 is 0 Å². The Morgan fingerprint density at radius 1 is 1.23 bits per heavy atom. The minimum absolute atomic E-state index is 0.0615. The third kappa shape index (κ3) is 4.15. The van der Waals surface area contributed by atoms with Gasteiger partial charge >= 0.3 is 0 Å². The maximum Gasteiger partial charge on any atom is 0.270 e. The molecular weight excluding hydrogens is 378 g/mol. The SMILES string of the molecule is CC1=CC(C)=C(CNC(=O)c2cc(N3CCC[C@@H]3c3ccccn3)ncn2)C(=O)C1. The van der Waals surface area contributed by atoms with Crippen molar-refractivity contribution >= 4 is 17.5 Å². The van der Waals surface area contributed by atoms with Gasteiger partial charge in [-0.2, -0.15) is 0 Å². The highest BCUT2D eigenvalue weighted by Crippen LogP contribution is 2.34. The molecule has 1 aliphatic carbocycles. The second-order valence-electron chi connectivity index (χ2n) is 7.80. The third-order valence-electron chi connectivity index (χ3n) is 5.60. The van der Waals surface area contributed by atoms with Crippen LogP contribution in [0.15, 0.2) is 59.6 Å². The lowest BCUT2D eigenvalue weighted by Crippen LogP contribution is -2.30. The van der Waals surface area contributed by atoms with Gasteiger partial charge in [0.1, 0.15) is 17.8 Å². The van der Waals surface area contributed by atoms with Crippen LogP contribution < -0.4 is 10.2 Å². The summed E-state index contributed by atoms with van der Waals surface area (Å²) < 4.78 is 0. The second-order valence-corrected chi connectivity index (χ2v) is 7.80. The number of ketones is 1. The van der Waals surface area contributed by atoms with E-state index in [0.717, 1.165) is 36.2 Å². The molecule has 0 saturated carbocycles. The summed E-state index contributed by atoms with van der Waals surface area (Å²) in [5, 5.41) is 2.84. The van der Waals surface area contributed by atoms with E-state index in [0.29, 0.717) is 23.5 Å². The number of hydrogen-bond acceptors (Lipinski definition) is 6. The normalized spacial score (nSPS) is 19.1. The van der Waals surface area contributed by atoms with Gasteiger partial charge in [0.05, 0.1) is 11.7 Å². The Labute approximate surface area is 175 Å². The van der Waals surface area contributed by atoms with E-state index in [-0.39, 0.29) is 24.3 Å². The van der Waals surface area contributed by atoms with Gasteiger partial charge in [0.25, 0.3) is 5.91 Å². The van der Waals surface area contributed by atoms with Crippen molar-refractivity contribution in [3.63, 3.8) is 0 Å². The lowest BCUT2D eigenvalue weighted by atomic mass is 9.92. The first-order valence-corrected chi connectivity index (χ1v) is 10.2. The van der Waals surface area contributed by atoms with Crippen molar-refractivity contribution in [2.24, 2.45) is 0 Å². The Bertz CT molecular complexity index is 1030. The van der Waals surface area contributed by atoms with Crippen LogP contribution in [0, 0.1) is 0 Å². The Morgan fingerprint density at radius 2 is 2.10 bits per heavy atom. The average Bonchev–Trinajstić information content (AvgIpc) is 3.23. The Kier molecular flexibility index (Phi) is 5.70. The molecule has 7 nitrogen and oxygen atoms in total. The molecule has 3 heterocycles. The van der Waals surface area contributed by atoms with E-state index in [1.54, 1.807) is 12.3 Å². The lowest BCUT2D eigenvalue weighted by Gasteiger charge is -2.25. The minimum Gasteiger partial charge on any atom is -0.348 e. The van der Waals surface area contributed by atoms with E-state index < -0.39 is 0 Å². The number of amides is 1. The number of anilines is 1. The summed E-state index contributed by atoms with van der Waals surface area (Å²) in [5.41, 5.74) is 3.89. The highest BCUT2D eigenvalue weighted by Gasteiger charge is 2.28. The summed E-state index contributed by atoms with van der Waals surface area (Å²) >= 11 is 0. The first-order valence-electron chi connectivity index (χ1n) is 10.2. The molecule has 2 aromatic heterocycles. The predicted octanol–water partition coefficient (Wildman–Crippen LogP) is 3.18. The van der Waals surface area contributed by atoms with E-state index in [9.17, 15) is 9.59 Å². The molecule has 154 valence electrons. The average molecular weight is 403 g/mol. The fourth-order valence-electron chi connectivity index (χ4n) is 4.13. The summed E-state index contributed by atoms with van der Waals surface area (Å²) in [6.07, 6.45) is 7.65. The number of carbonyl (C=O) groups excluding carboxylic acids is 2. The summed E-state index contributed by atoms with van der Waals surface area (Å²) in [7, 11) is 0. The van der Waals surface area contributed by atoms with Gasteiger partial charge in [-0.25, -0.2) is 9.97 Å². The Morgan fingerprint density at radius 3 is 2.87 bits per heavy atom. The molecule has 1 fully saturated rings. The van der Waals surface area contributed by atoms with Crippen molar-refractivity contribution < 1.29 is 9.59 Å². The number of rotatable bonds is 5. The van der Waals surface area contributed by atoms with Crippen molar-refractivity contribution in [3.05, 3.63) is 71.0 Å². The van der Waals surface area contributed by atoms with Crippen molar-refractivity contribution in [1.29, 1.82) is 0 Å². The number of carbonyl (C=O) groups is 2. The van der Waals surface area contributed by atoms with Crippen molar-refractivity contribution in [2.75, 3.05) is 18.0 Å². The number of aromatic nitrogens is 3. The standard InChI is InChI=1S/C23H25N5O2/c1-15-10-16(2)17(21(29)11-15)13-25-23(30)19-12-22(27-14-26-19)28-9-5-7-20(28)18-6-3-4-8-24-18/h3-4,6,8,10,12,14,20H,5,7,9,11,13H2,1-2H3,(H,25,30)/t20-/m1/s1. The zero-order chi connectivity index (χ0) is 21.1. The monoisotopic (exact) mass is 403 g/mol. The first kappa shape index (κ1) is 19.9. The second kappa shape index (κ2) is 8.57.